The fourth-order valence-electron chi connectivity index (χ4n) is 3.67. The minimum absolute atomic E-state index is 0.00393. The van der Waals surface area contributed by atoms with Gasteiger partial charge in [-0.25, -0.2) is 4.79 Å². The van der Waals surface area contributed by atoms with Crippen LogP contribution in [0.5, 0.6) is 11.5 Å². The molecule has 3 aromatic rings. The van der Waals surface area contributed by atoms with Crippen molar-refractivity contribution in [3.63, 3.8) is 0 Å². The van der Waals surface area contributed by atoms with Gasteiger partial charge in [-0.2, -0.15) is 5.26 Å². The summed E-state index contributed by atoms with van der Waals surface area (Å²) in [4.78, 5) is 40.5. The molecule has 0 aliphatic rings. The van der Waals surface area contributed by atoms with Crippen LogP contribution >= 0.6 is 0 Å². The number of carbonyl (C=O) groups excluding carboxylic acids is 3. The molecule has 204 valence electrons. The zero-order valence-corrected chi connectivity index (χ0v) is 22.7. The van der Waals surface area contributed by atoms with Crippen LogP contribution in [-0.4, -0.2) is 42.3 Å². The largest absolute Gasteiger partial charge is 0.493 e. The Morgan fingerprint density at radius 1 is 1.08 bits per heavy atom. The minimum atomic E-state index is -0.653. The van der Waals surface area contributed by atoms with E-state index in [4.69, 9.17) is 14.2 Å². The summed E-state index contributed by atoms with van der Waals surface area (Å²) in [7, 11) is 1.45. The number of carbonyl (C=O) groups is 3. The van der Waals surface area contributed by atoms with Crippen molar-refractivity contribution in [1.29, 1.82) is 5.26 Å². The minimum Gasteiger partial charge on any atom is -0.493 e. The van der Waals surface area contributed by atoms with Crippen molar-refractivity contribution < 1.29 is 28.6 Å². The van der Waals surface area contributed by atoms with Gasteiger partial charge in [0.2, 0.25) is 5.91 Å². The number of anilines is 2. The van der Waals surface area contributed by atoms with Crippen molar-refractivity contribution in [3.05, 3.63) is 53.2 Å². The molecule has 11 heteroatoms. The van der Waals surface area contributed by atoms with Gasteiger partial charge in [-0.15, -0.1) is 0 Å². The maximum atomic E-state index is 12.7. The Morgan fingerprint density at radius 3 is 2.46 bits per heavy atom. The Kier molecular flexibility index (Phi) is 8.93. The average molecular weight is 534 g/mol. The SMILES string of the molecule is COc1cc2ncc(C#N)c(Nc3cc(C)ccc3CC(=O)NCNC(=O)OC(C)(C)C)c2cc1OC(C)=O. The van der Waals surface area contributed by atoms with Crippen LogP contribution in [0.25, 0.3) is 10.9 Å². The molecule has 2 amide bonds. The van der Waals surface area contributed by atoms with Gasteiger partial charge in [-0.05, 0) is 51.0 Å². The molecule has 0 saturated heterocycles. The van der Waals surface area contributed by atoms with Gasteiger partial charge in [-0.1, -0.05) is 12.1 Å². The smallest absolute Gasteiger partial charge is 0.409 e. The molecule has 0 saturated carbocycles. The van der Waals surface area contributed by atoms with Crippen LogP contribution in [0, 0.1) is 18.3 Å². The highest BCUT2D eigenvalue weighted by Crippen LogP contribution is 2.37. The lowest BCUT2D eigenvalue weighted by Gasteiger charge is -2.20. The lowest BCUT2D eigenvalue weighted by molar-refractivity contribution is -0.132. The number of aromatic nitrogens is 1. The number of hydrogen-bond acceptors (Lipinski definition) is 9. The summed E-state index contributed by atoms with van der Waals surface area (Å²) in [5.74, 6) is -0.368. The van der Waals surface area contributed by atoms with E-state index in [9.17, 15) is 19.6 Å². The summed E-state index contributed by atoms with van der Waals surface area (Å²) in [6.07, 6.45) is 0.787. The third-order valence-corrected chi connectivity index (χ3v) is 5.32. The predicted octanol–water partition coefficient (Wildman–Crippen LogP) is 4.23. The molecule has 2 aromatic carbocycles. The average Bonchev–Trinajstić information content (AvgIpc) is 2.84. The van der Waals surface area contributed by atoms with Gasteiger partial charge in [0.25, 0.3) is 0 Å². The molecule has 0 radical (unpaired) electrons. The molecule has 3 N–H and O–H groups in total. The summed E-state index contributed by atoms with van der Waals surface area (Å²) in [5, 5.41) is 18.7. The van der Waals surface area contributed by atoms with E-state index < -0.39 is 17.7 Å². The zero-order valence-electron chi connectivity index (χ0n) is 22.7. The van der Waals surface area contributed by atoms with E-state index in [0.717, 1.165) is 5.56 Å². The van der Waals surface area contributed by atoms with Crippen LogP contribution < -0.4 is 25.4 Å². The third kappa shape index (κ3) is 7.82. The van der Waals surface area contributed by atoms with Crippen molar-refractivity contribution in [2.75, 3.05) is 19.1 Å². The summed E-state index contributed by atoms with van der Waals surface area (Å²) in [5.41, 5.74) is 2.70. The van der Waals surface area contributed by atoms with Crippen LogP contribution in [-0.2, 0) is 20.7 Å². The maximum Gasteiger partial charge on any atom is 0.409 e. The highest BCUT2D eigenvalue weighted by atomic mass is 16.6. The Hall–Kier alpha value is -4.85. The molecule has 1 heterocycles. The van der Waals surface area contributed by atoms with Gasteiger partial charge in [0.1, 0.15) is 11.7 Å². The van der Waals surface area contributed by atoms with Crippen molar-refractivity contribution in [3.8, 4) is 17.6 Å². The van der Waals surface area contributed by atoms with Gasteiger partial charge in [-0.3, -0.25) is 14.6 Å². The summed E-state index contributed by atoms with van der Waals surface area (Å²) in [6.45, 7) is 8.31. The number of pyridine rings is 1. The van der Waals surface area contributed by atoms with E-state index >= 15 is 0 Å². The molecular formula is C28H31N5O6. The van der Waals surface area contributed by atoms with E-state index in [1.54, 1.807) is 39.0 Å². The number of aryl methyl sites for hydroxylation is 1. The van der Waals surface area contributed by atoms with Gasteiger partial charge in [0, 0.05) is 30.3 Å². The number of amides is 2. The number of rotatable bonds is 8. The molecule has 3 rings (SSSR count). The number of alkyl carbamates (subject to hydrolysis) is 1. The first-order valence-electron chi connectivity index (χ1n) is 12.1. The number of fused-ring (bicyclic) bond motifs is 1. The Morgan fingerprint density at radius 2 is 1.82 bits per heavy atom. The van der Waals surface area contributed by atoms with Crippen LogP contribution in [0.2, 0.25) is 0 Å². The topological polar surface area (TPSA) is 152 Å². The molecule has 0 atom stereocenters. The second-order valence-corrected chi connectivity index (χ2v) is 9.69. The molecule has 0 spiro atoms. The fraction of sp³-hybridized carbons (Fsp3) is 0.321. The molecule has 0 fully saturated rings. The number of hydrogen-bond donors (Lipinski definition) is 3. The number of nitrogens with one attached hydrogen (secondary N) is 3. The van der Waals surface area contributed by atoms with Crippen molar-refractivity contribution in [2.45, 2.75) is 46.6 Å². The second kappa shape index (κ2) is 12.1. The Bertz CT molecular complexity index is 1460. The van der Waals surface area contributed by atoms with Gasteiger partial charge in [0.15, 0.2) is 11.5 Å². The van der Waals surface area contributed by atoms with E-state index in [2.05, 4.69) is 27.0 Å². The quantitative estimate of drug-likeness (QED) is 0.219. The summed E-state index contributed by atoms with van der Waals surface area (Å²) in [6, 6.07) is 10.9. The summed E-state index contributed by atoms with van der Waals surface area (Å²) < 4.78 is 15.8. The first kappa shape index (κ1) is 28.7. The van der Waals surface area contributed by atoms with Crippen LogP contribution in [0.4, 0.5) is 16.2 Å². The number of esters is 1. The van der Waals surface area contributed by atoms with Crippen LogP contribution in [0.15, 0.2) is 36.5 Å². The standard InChI is InChI=1S/C28H31N5O6/c1-16-7-8-18(10-25(35)31-15-32-27(36)39-28(3,4)5)21(9-16)33-26-19(13-29)14-30-22-12-23(37-6)24(11-20(22)26)38-17(2)34/h7-9,11-12,14H,10,15H2,1-6H3,(H,30,33)(H,31,35)(H,32,36). The van der Waals surface area contributed by atoms with Gasteiger partial charge >= 0.3 is 12.1 Å². The summed E-state index contributed by atoms with van der Waals surface area (Å²) >= 11 is 0. The molecule has 0 aliphatic heterocycles. The molecule has 0 aliphatic carbocycles. The highest BCUT2D eigenvalue weighted by Gasteiger charge is 2.18. The number of nitriles is 1. The molecule has 39 heavy (non-hydrogen) atoms. The number of methoxy groups -OCH3 is 1. The van der Waals surface area contributed by atoms with Gasteiger partial charge < -0.3 is 30.2 Å². The monoisotopic (exact) mass is 533 g/mol. The van der Waals surface area contributed by atoms with E-state index in [-0.39, 0.29) is 30.3 Å². The number of ether oxygens (including phenoxy) is 3. The van der Waals surface area contributed by atoms with Crippen molar-refractivity contribution in [1.82, 2.24) is 15.6 Å². The zero-order chi connectivity index (χ0) is 28.7. The Labute approximate surface area is 226 Å². The highest BCUT2D eigenvalue weighted by molar-refractivity contribution is 5.98. The Balaban J connectivity index is 1.90. The molecule has 0 bridgehead atoms. The van der Waals surface area contributed by atoms with Crippen molar-refractivity contribution in [2.24, 2.45) is 0 Å². The van der Waals surface area contributed by atoms with E-state index in [0.29, 0.717) is 33.6 Å². The normalized spacial score (nSPS) is 10.8. The van der Waals surface area contributed by atoms with E-state index in [1.165, 1.54) is 20.2 Å². The first-order valence-corrected chi connectivity index (χ1v) is 12.1. The van der Waals surface area contributed by atoms with Crippen molar-refractivity contribution >= 4 is 40.2 Å². The number of nitrogens with zero attached hydrogens (tertiary/aromatic N) is 2. The molecule has 0 unspecified atom stereocenters. The van der Waals surface area contributed by atoms with E-state index in [1.807, 2.05) is 19.1 Å². The number of benzene rings is 2. The third-order valence-electron chi connectivity index (χ3n) is 5.32. The lowest BCUT2D eigenvalue weighted by Crippen LogP contribution is -2.40. The fourth-order valence-corrected chi connectivity index (χ4v) is 3.67. The van der Waals surface area contributed by atoms with Gasteiger partial charge in [0.05, 0.1) is 37.0 Å². The molecule has 1 aromatic heterocycles. The lowest BCUT2D eigenvalue weighted by atomic mass is 10.0. The maximum absolute atomic E-state index is 12.7. The van der Waals surface area contributed by atoms with Crippen LogP contribution in [0.1, 0.15) is 44.4 Å². The predicted molar refractivity (Wildman–Crippen MR) is 145 cm³/mol. The second-order valence-electron chi connectivity index (χ2n) is 9.69. The first-order chi connectivity index (χ1) is 18.4. The molecule has 11 nitrogen and oxygen atoms in total. The van der Waals surface area contributed by atoms with Crippen LogP contribution in [0.3, 0.4) is 0 Å². The molecular weight excluding hydrogens is 502 g/mol.